The topological polar surface area (TPSA) is 78.0 Å². The molecule has 0 fully saturated rings. The predicted octanol–water partition coefficient (Wildman–Crippen LogP) is 5.05. The van der Waals surface area contributed by atoms with Crippen molar-refractivity contribution in [2.75, 3.05) is 5.32 Å². The minimum Gasteiger partial charge on any atom is -0.384 e. The van der Waals surface area contributed by atoms with Gasteiger partial charge in [0.05, 0.1) is 0 Å². The molecule has 0 radical (unpaired) electrons. The largest absolute Gasteiger partial charge is 0.384 e. The van der Waals surface area contributed by atoms with E-state index in [2.05, 4.69) is 33.7 Å². The first-order chi connectivity index (χ1) is 14.7. The minimum atomic E-state index is -0.830. The maximum absolute atomic E-state index is 12.3. The highest BCUT2D eigenvalue weighted by atomic mass is 16.3. The molecule has 5 nitrogen and oxygen atoms in total. The Morgan fingerprint density at radius 2 is 1.63 bits per heavy atom. The zero-order valence-electron chi connectivity index (χ0n) is 16.0. The van der Waals surface area contributed by atoms with Crippen LogP contribution in [0, 0.1) is 0 Å². The predicted molar refractivity (Wildman–Crippen MR) is 118 cm³/mol. The number of aromatic amines is 1. The third-order valence-electron chi connectivity index (χ3n) is 5.30. The van der Waals surface area contributed by atoms with E-state index in [1.807, 2.05) is 48.5 Å². The van der Waals surface area contributed by atoms with Crippen LogP contribution in [-0.4, -0.2) is 21.2 Å². The molecule has 1 aromatic heterocycles. The van der Waals surface area contributed by atoms with Crippen molar-refractivity contribution in [2.24, 2.45) is 0 Å². The molecule has 0 saturated carbocycles. The molecule has 5 rings (SSSR count). The molecule has 30 heavy (non-hydrogen) atoms. The number of hydrogen-bond donors (Lipinski definition) is 3. The highest BCUT2D eigenvalue weighted by molar-refractivity contribution is 6.09. The standard InChI is InChI=1S/C25H19N3O2/c29-24(17-7-5-8-18(14-17)27-25(30)23-12-13-26-28-23)22-15-16-6-1-2-9-19(16)20-10-3-4-11-21(20)22/h1-15,24,29H,(H,26,28)(H,27,30). The normalized spacial score (nSPS) is 12.2. The Hall–Kier alpha value is -3.96. The second-order valence-electron chi connectivity index (χ2n) is 7.18. The zero-order valence-corrected chi connectivity index (χ0v) is 16.0. The number of H-pyrrole nitrogens is 1. The van der Waals surface area contributed by atoms with Gasteiger partial charge in [-0.15, -0.1) is 0 Å². The van der Waals surface area contributed by atoms with E-state index in [0.29, 0.717) is 16.9 Å². The number of amides is 1. The highest BCUT2D eigenvalue weighted by Gasteiger charge is 2.17. The lowest BCUT2D eigenvalue weighted by molar-refractivity contribution is 0.102. The second kappa shape index (κ2) is 7.46. The summed E-state index contributed by atoms with van der Waals surface area (Å²) in [5.41, 5.74) is 2.52. The summed E-state index contributed by atoms with van der Waals surface area (Å²) in [6, 6.07) is 27.2. The number of hydrogen-bond acceptors (Lipinski definition) is 3. The number of carbonyl (C=O) groups excluding carboxylic acids is 1. The van der Waals surface area contributed by atoms with E-state index >= 15 is 0 Å². The van der Waals surface area contributed by atoms with Gasteiger partial charge < -0.3 is 10.4 Å². The third-order valence-corrected chi connectivity index (χ3v) is 5.30. The molecule has 5 heteroatoms. The van der Waals surface area contributed by atoms with Crippen molar-refractivity contribution >= 4 is 33.1 Å². The number of benzene rings is 4. The minimum absolute atomic E-state index is 0.282. The first-order valence-corrected chi connectivity index (χ1v) is 9.70. The molecule has 0 aliphatic rings. The molecule has 0 aliphatic heterocycles. The molecule has 146 valence electrons. The first kappa shape index (κ1) is 18.1. The second-order valence-corrected chi connectivity index (χ2v) is 7.18. The van der Waals surface area contributed by atoms with Crippen LogP contribution in [0.25, 0.3) is 21.5 Å². The van der Waals surface area contributed by atoms with Crippen LogP contribution in [0.15, 0.2) is 91.1 Å². The van der Waals surface area contributed by atoms with Gasteiger partial charge in [0.1, 0.15) is 11.8 Å². The average molecular weight is 393 g/mol. The SMILES string of the molecule is O=C(Nc1cccc(C(O)c2cc3ccccc3c3ccccc23)c1)c1ccn[nH]1. The van der Waals surface area contributed by atoms with Crippen LogP contribution in [-0.2, 0) is 0 Å². The summed E-state index contributed by atoms with van der Waals surface area (Å²) in [7, 11) is 0. The third kappa shape index (κ3) is 3.21. The molecule has 1 amide bonds. The number of carbonyl (C=O) groups is 1. The van der Waals surface area contributed by atoms with Gasteiger partial charge >= 0.3 is 0 Å². The van der Waals surface area contributed by atoms with Crippen molar-refractivity contribution in [1.82, 2.24) is 10.2 Å². The number of aromatic nitrogens is 2. The van der Waals surface area contributed by atoms with Gasteiger partial charge in [0, 0.05) is 11.9 Å². The lowest BCUT2D eigenvalue weighted by atomic mass is 9.92. The summed E-state index contributed by atoms with van der Waals surface area (Å²) >= 11 is 0. The summed E-state index contributed by atoms with van der Waals surface area (Å²) in [4.78, 5) is 12.3. The summed E-state index contributed by atoms with van der Waals surface area (Å²) in [6.07, 6.45) is 0.698. The molecular formula is C25H19N3O2. The van der Waals surface area contributed by atoms with Crippen LogP contribution in [0.2, 0.25) is 0 Å². The molecule has 4 aromatic carbocycles. The van der Waals surface area contributed by atoms with Gasteiger partial charge in [-0.3, -0.25) is 9.89 Å². The van der Waals surface area contributed by atoms with Crippen LogP contribution >= 0.6 is 0 Å². The molecule has 1 heterocycles. The molecule has 1 atom stereocenters. The van der Waals surface area contributed by atoms with Crippen LogP contribution in [0.5, 0.6) is 0 Å². The Kier molecular flexibility index (Phi) is 4.50. The molecular weight excluding hydrogens is 374 g/mol. The van der Waals surface area contributed by atoms with E-state index < -0.39 is 6.10 Å². The monoisotopic (exact) mass is 393 g/mol. The lowest BCUT2D eigenvalue weighted by Crippen LogP contribution is -2.12. The van der Waals surface area contributed by atoms with E-state index in [0.717, 1.165) is 27.1 Å². The molecule has 0 saturated heterocycles. The number of anilines is 1. The van der Waals surface area contributed by atoms with Crippen molar-refractivity contribution in [2.45, 2.75) is 6.10 Å². The van der Waals surface area contributed by atoms with Crippen molar-refractivity contribution in [3.8, 4) is 0 Å². The van der Waals surface area contributed by atoms with Crippen molar-refractivity contribution in [3.05, 3.63) is 108 Å². The average Bonchev–Trinajstić information content (AvgIpc) is 3.33. The van der Waals surface area contributed by atoms with E-state index in [1.165, 1.54) is 6.20 Å². The van der Waals surface area contributed by atoms with Crippen LogP contribution < -0.4 is 5.32 Å². The van der Waals surface area contributed by atoms with Crippen molar-refractivity contribution in [3.63, 3.8) is 0 Å². The van der Waals surface area contributed by atoms with Gasteiger partial charge in [-0.25, -0.2) is 0 Å². The van der Waals surface area contributed by atoms with Crippen LogP contribution in [0.4, 0.5) is 5.69 Å². The smallest absolute Gasteiger partial charge is 0.273 e. The number of aliphatic hydroxyl groups excluding tert-OH is 1. The Labute approximate surface area is 173 Å². The fourth-order valence-electron chi connectivity index (χ4n) is 3.86. The van der Waals surface area contributed by atoms with Crippen molar-refractivity contribution < 1.29 is 9.90 Å². The number of nitrogens with zero attached hydrogens (tertiary/aromatic N) is 1. The molecule has 0 aliphatic carbocycles. The maximum atomic E-state index is 12.3. The molecule has 3 N–H and O–H groups in total. The zero-order chi connectivity index (χ0) is 20.5. The molecule has 0 bridgehead atoms. The number of aliphatic hydroxyl groups is 1. The number of nitrogens with one attached hydrogen (secondary N) is 2. The fraction of sp³-hybridized carbons (Fsp3) is 0.0400. The Morgan fingerprint density at radius 3 is 2.43 bits per heavy atom. The Bertz CT molecular complexity index is 1360. The maximum Gasteiger partial charge on any atom is 0.273 e. The van der Waals surface area contributed by atoms with Crippen LogP contribution in [0.3, 0.4) is 0 Å². The van der Waals surface area contributed by atoms with Gasteiger partial charge in [-0.05, 0) is 56.9 Å². The van der Waals surface area contributed by atoms with Gasteiger partial charge in [0.25, 0.3) is 5.91 Å². The van der Waals surface area contributed by atoms with Crippen LogP contribution in [0.1, 0.15) is 27.7 Å². The van der Waals surface area contributed by atoms with E-state index in [4.69, 9.17) is 0 Å². The van der Waals surface area contributed by atoms with E-state index in [1.54, 1.807) is 18.2 Å². The van der Waals surface area contributed by atoms with Gasteiger partial charge in [-0.1, -0.05) is 60.7 Å². The fourth-order valence-corrected chi connectivity index (χ4v) is 3.86. The molecule has 5 aromatic rings. The summed E-state index contributed by atoms with van der Waals surface area (Å²) in [5.74, 6) is -0.282. The van der Waals surface area contributed by atoms with Gasteiger partial charge in [-0.2, -0.15) is 5.10 Å². The summed E-state index contributed by atoms with van der Waals surface area (Å²) < 4.78 is 0. The van der Waals surface area contributed by atoms with Gasteiger partial charge in [0.15, 0.2) is 0 Å². The number of fused-ring (bicyclic) bond motifs is 3. The lowest BCUT2D eigenvalue weighted by Gasteiger charge is -2.17. The Balaban J connectivity index is 1.55. The quantitative estimate of drug-likeness (QED) is 0.374. The van der Waals surface area contributed by atoms with E-state index in [-0.39, 0.29) is 5.91 Å². The molecule has 1 unspecified atom stereocenters. The number of rotatable bonds is 4. The highest BCUT2D eigenvalue weighted by Crippen LogP contribution is 2.35. The molecule has 0 spiro atoms. The summed E-state index contributed by atoms with van der Waals surface area (Å²) in [6.45, 7) is 0. The van der Waals surface area contributed by atoms with Gasteiger partial charge in [0.2, 0.25) is 0 Å². The van der Waals surface area contributed by atoms with E-state index in [9.17, 15) is 9.90 Å². The first-order valence-electron chi connectivity index (χ1n) is 9.70. The Morgan fingerprint density at radius 1 is 0.867 bits per heavy atom. The summed E-state index contributed by atoms with van der Waals surface area (Å²) in [5, 5.41) is 24.9. The van der Waals surface area contributed by atoms with Crippen molar-refractivity contribution in [1.29, 1.82) is 0 Å².